The lowest BCUT2D eigenvalue weighted by atomic mass is 10.1. The van der Waals surface area contributed by atoms with Crippen molar-refractivity contribution in [1.82, 2.24) is 9.62 Å². The quantitative estimate of drug-likeness (QED) is 0.800. The average molecular weight is 378 g/mol. The number of furan rings is 1. The largest absolute Gasteiger partial charge is 0.495 e. The summed E-state index contributed by atoms with van der Waals surface area (Å²) in [6.45, 7) is 1.84. The molecule has 8 heteroatoms. The van der Waals surface area contributed by atoms with Gasteiger partial charge in [0.25, 0.3) is 5.91 Å². The van der Waals surface area contributed by atoms with E-state index < -0.39 is 10.0 Å². The second-order valence-corrected chi connectivity index (χ2v) is 8.05. The summed E-state index contributed by atoms with van der Waals surface area (Å²) in [6, 6.07) is 7.64. The lowest BCUT2D eigenvalue weighted by Crippen LogP contribution is -2.30. The molecule has 0 radical (unpaired) electrons. The van der Waals surface area contributed by atoms with Crippen LogP contribution in [-0.2, 0) is 10.0 Å². The summed E-state index contributed by atoms with van der Waals surface area (Å²) in [6.07, 6.45) is 3.19. The Labute approximate surface area is 153 Å². The molecule has 140 valence electrons. The van der Waals surface area contributed by atoms with Crippen molar-refractivity contribution >= 4 is 15.9 Å². The lowest BCUT2D eigenvalue weighted by Gasteiger charge is -2.23. The Bertz CT molecular complexity index is 888. The van der Waals surface area contributed by atoms with Gasteiger partial charge in [0, 0.05) is 18.7 Å². The Morgan fingerprint density at radius 2 is 2.08 bits per heavy atom. The lowest BCUT2D eigenvalue weighted by molar-refractivity contribution is 0.0726. The molecule has 0 saturated heterocycles. The molecule has 1 atom stereocenters. The first-order chi connectivity index (χ1) is 12.3. The van der Waals surface area contributed by atoms with Crippen LogP contribution in [0.1, 0.15) is 41.9 Å². The van der Waals surface area contributed by atoms with Crippen molar-refractivity contribution in [2.45, 2.75) is 36.7 Å². The van der Waals surface area contributed by atoms with Gasteiger partial charge in [-0.2, -0.15) is 0 Å². The molecule has 1 amide bonds. The molecule has 0 aliphatic heterocycles. The maximum atomic E-state index is 12.8. The van der Waals surface area contributed by atoms with Gasteiger partial charge in [0.05, 0.1) is 19.4 Å². The SMILES string of the molecule is COc1ccc(C(=O)N(C)C(C)c2ccco2)cc1S(=O)(=O)NC1CC1. The first-order valence-electron chi connectivity index (χ1n) is 8.34. The Balaban J connectivity index is 1.90. The normalized spacial score (nSPS) is 15.5. The third-order valence-electron chi connectivity index (χ3n) is 4.46. The second-order valence-electron chi connectivity index (χ2n) is 6.37. The van der Waals surface area contributed by atoms with E-state index >= 15 is 0 Å². The van der Waals surface area contributed by atoms with Gasteiger partial charge >= 0.3 is 0 Å². The van der Waals surface area contributed by atoms with Crippen LogP contribution in [0.3, 0.4) is 0 Å². The second kappa shape index (κ2) is 7.13. The van der Waals surface area contributed by atoms with E-state index in [4.69, 9.17) is 9.15 Å². The highest BCUT2D eigenvalue weighted by atomic mass is 32.2. The number of ether oxygens (including phenoxy) is 1. The number of hydrogen-bond donors (Lipinski definition) is 1. The van der Waals surface area contributed by atoms with Crippen LogP contribution in [0.4, 0.5) is 0 Å². The summed E-state index contributed by atoms with van der Waals surface area (Å²) in [5, 5.41) is 0. The molecular formula is C18H22N2O5S. The molecule has 0 bridgehead atoms. The van der Waals surface area contributed by atoms with Crippen LogP contribution in [0.5, 0.6) is 5.75 Å². The summed E-state index contributed by atoms with van der Waals surface area (Å²) >= 11 is 0. The van der Waals surface area contributed by atoms with Crippen LogP contribution < -0.4 is 9.46 Å². The number of amides is 1. The number of sulfonamides is 1. The minimum Gasteiger partial charge on any atom is -0.495 e. The van der Waals surface area contributed by atoms with Crippen molar-refractivity contribution in [2.24, 2.45) is 0 Å². The number of rotatable bonds is 7. The fourth-order valence-corrected chi connectivity index (χ4v) is 4.10. The molecule has 1 fully saturated rings. The van der Waals surface area contributed by atoms with E-state index in [9.17, 15) is 13.2 Å². The van der Waals surface area contributed by atoms with E-state index in [1.165, 1.54) is 24.1 Å². The Kier molecular flexibility index (Phi) is 5.06. The Morgan fingerprint density at radius 3 is 2.65 bits per heavy atom. The van der Waals surface area contributed by atoms with Crippen LogP contribution in [0.25, 0.3) is 0 Å². The highest BCUT2D eigenvalue weighted by Crippen LogP contribution is 2.29. The van der Waals surface area contributed by atoms with Crippen LogP contribution in [0, 0.1) is 0 Å². The van der Waals surface area contributed by atoms with Gasteiger partial charge in [0.15, 0.2) is 0 Å². The number of carbonyl (C=O) groups is 1. The summed E-state index contributed by atoms with van der Waals surface area (Å²) in [4.78, 5) is 14.3. The van der Waals surface area contributed by atoms with E-state index in [-0.39, 0.29) is 34.2 Å². The Morgan fingerprint density at radius 1 is 1.35 bits per heavy atom. The molecule has 7 nitrogen and oxygen atoms in total. The molecule has 1 aromatic heterocycles. The highest BCUT2D eigenvalue weighted by molar-refractivity contribution is 7.89. The molecular weight excluding hydrogens is 356 g/mol. The van der Waals surface area contributed by atoms with Crippen molar-refractivity contribution in [1.29, 1.82) is 0 Å². The Hall–Kier alpha value is -2.32. The van der Waals surface area contributed by atoms with Gasteiger partial charge in [-0.1, -0.05) is 0 Å². The van der Waals surface area contributed by atoms with Gasteiger partial charge in [0.1, 0.15) is 16.4 Å². The maximum absolute atomic E-state index is 12.8. The zero-order valence-electron chi connectivity index (χ0n) is 14.9. The van der Waals surface area contributed by atoms with Gasteiger partial charge in [0.2, 0.25) is 10.0 Å². The van der Waals surface area contributed by atoms with E-state index in [2.05, 4.69) is 4.72 Å². The van der Waals surface area contributed by atoms with Crippen LogP contribution in [0.15, 0.2) is 45.9 Å². The highest BCUT2D eigenvalue weighted by Gasteiger charge is 2.31. The minimum atomic E-state index is -3.75. The van der Waals surface area contributed by atoms with Crippen LogP contribution in [-0.4, -0.2) is 39.4 Å². The van der Waals surface area contributed by atoms with Gasteiger partial charge in [-0.3, -0.25) is 4.79 Å². The van der Waals surface area contributed by atoms with Crippen LogP contribution >= 0.6 is 0 Å². The van der Waals surface area contributed by atoms with E-state index in [0.717, 1.165) is 12.8 Å². The van der Waals surface area contributed by atoms with Crippen molar-refractivity contribution < 1.29 is 22.4 Å². The van der Waals surface area contributed by atoms with Gasteiger partial charge in [-0.15, -0.1) is 0 Å². The molecule has 1 N–H and O–H groups in total. The van der Waals surface area contributed by atoms with Gasteiger partial charge in [-0.25, -0.2) is 13.1 Å². The van der Waals surface area contributed by atoms with Gasteiger partial charge < -0.3 is 14.1 Å². The molecule has 1 saturated carbocycles. The molecule has 1 aliphatic carbocycles. The third-order valence-corrected chi connectivity index (χ3v) is 6.00. The van der Waals surface area contributed by atoms with Crippen molar-refractivity contribution in [2.75, 3.05) is 14.2 Å². The van der Waals surface area contributed by atoms with Crippen LogP contribution in [0.2, 0.25) is 0 Å². The van der Waals surface area contributed by atoms with E-state index in [0.29, 0.717) is 5.76 Å². The number of benzene rings is 1. The smallest absolute Gasteiger partial charge is 0.254 e. The zero-order valence-corrected chi connectivity index (χ0v) is 15.7. The van der Waals surface area contributed by atoms with Crippen molar-refractivity contribution in [3.63, 3.8) is 0 Å². The summed E-state index contributed by atoms with van der Waals surface area (Å²) in [7, 11) is -0.699. The average Bonchev–Trinajstić information content (AvgIpc) is 3.26. The summed E-state index contributed by atoms with van der Waals surface area (Å²) < 4.78 is 38.3. The third kappa shape index (κ3) is 3.76. The molecule has 1 aromatic carbocycles. The minimum absolute atomic E-state index is 0.0307. The zero-order chi connectivity index (χ0) is 18.9. The molecule has 3 rings (SSSR count). The van der Waals surface area contributed by atoms with E-state index in [1.807, 2.05) is 6.92 Å². The molecule has 1 unspecified atom stereocenters. The summed E-state index contributed by atoms with van der Waals surface area (Å²) in [5.74, 6) is 0.550. The number of carbonyl (C=O) groups excluding carboxylic acids is 1. The first-order valence-corrected chi connectivity index (χ1v) is 9.82. The summed E-state index contributed by atoms with van der Waals surface area (Å²) in [5.41, 5.74) is 0.267. The van der Waals surface area contributed by atoms with Crippen molar-refractivity contribution in [3.8, 4) is 5.75 Å². The first kappa shape index (κ1) is 18.5. The number of nitrogens with one attached hydrogen (secondary N) is 1. The predicted molar refractivity (Wildman–Crippen MR) is 95.6 cm³/mol. The predicted octanol–water partition coefficient (Wildman–Crippen LogP) is 2.56. The van der Waals surface area contributed by atoms with E-state index in [1.54, 1.807) is 31.5 Å². The van der Waals surface area contributed by atoms with Crippen molar-refractivity contribution in [3.05, 3.63) is 47.9 Å². The molecule has 2 aromatic rings. The molecule has 26 heavy (non-hydrogen) atoms. The number of methoxy groups -OCH3 is 1. The maximum Gasteiger partial charge on any atom is 0.254 e. The molecule has 0 spiro atoms. The number of hydrogen-bond acceptors (Lipinski definition) is 5. The monoisotopic (exact) mass is 378 g/mol. The standard InChI is InChI=1S/C18H22N2O5S/c1-12(15-5-4-10-25-15)20(2)18(21)13-6-9-16(24-3)17(11-13)26(22,23)19-14-7-8-14/h4-6,9-12,14,19H,7-8H2,1-3H3. The fraction of sp³-hybridized carbons (Fsp3) is 0.389. The fourth-order valence-electron chi connectivity index (χ4n) is 2.60. The topological polar surface area (TPSA) is 88.8 Å². The number of nitrogens with zero attached hydrogens (tertiary/aromatic N) is 1. The van der Waals surface area contributed by atoms with Gasteiger partial charge in [-0.05, 0) is 50.1 Å². The molecule has 1 aliphatic rings. The molecule has 1 heterocycles.